The highest BCUT2D eigenvalue weighted by molar-refractivity contribution is 5.97. The van der Waals surface area contributed by atoms with E-state index in [1.165, 1.54) is 5.56 Å². The number of primary amides is 1. The Labute approximate surface area is 153 Å². The highest BCUT2D eigenvalue weighted by atomic mass is 16.5. The van der Waals surface area contributed by atoms with Gasteiger partial charge in [0.25, 0.3) is 11.8 Å². The molecular formula is C21H24N2O3. The topological polar surface area (TPSA) is 72.6 Å². The number of likely N-dealkylation sites (tertiary alicyclic amines) is 1. The van der Waals surface area contributed by atoms with Crippen molar-refractivity contribution < 1.29 is 14.3 Å². The Balaban J connectivity index is 1.59. The summed E-state index contributed by atoms with van der Waals surface area (Å²) >= 11 is 0. The third-order valence-corrected chi connectivity index (χ3v) is 4.76. The second-order valence-electron chi connectivity index (χ2n) is 6.68. The van der Waals surface area contributed by atoms with Gasteiger partial charge in [0.2, 0.25) is 0 Å². The maximum absolute atomic E-state index is 12.9. The fraction of sp³-hybridized carbons (Fsp3) is 0.333. The minimum Gasteiger partial charge on any atom is -0.483 e. The second-order valence-corrected chi connectivity index (χ2v) is 6.68. The number of carbonyl (C=O) groups is 2. The lowest BCUT2D eigenvalue weighted by molar-refractivity contribution is -0.119. The van der Waals surface area contributed by atoms with E-state index in [1.54, 1.807) is 24.3 Å². The molecule has 0 aromatic heterocycles. The smallest absolute Gasteiger partial charge is 0.257 e. The quantitative estimate of drug-likeness (QED) is 0.869. The zero-order valence-corrected chi connectivity index (χ0v) is 14.8. The number of hydrogen-bond acceptors (Lipinski definition) is 3. The van der Waals surface area contributed by atoms with Crippen molar-refractivity contribution in [1.82, 2.24) is 4.90 Å². The molecule has 2 N–H and O–H groups in total. The minimum absolute atomic E-state index is 0.0526. The number of para-hydroxylation sites is 1. The average Bonchev–Trinajstić information content (AvgIpc) is 2.67. The van der Waals surface area contributed by atoms with Crippen LogP contribution in [0, 0.1) is 5.92 Å². The van der Waals surface area contributed by atoms with Crippen LogP contribution in [0.3, 0.4) is 0 Å². The van der Waals surface area contributed by atoms with E-state index in [0.29, 0.717) is 17.2 Å². The van der Waals surface area contributed by atoms with Crippen molar-refractivity contribution in [2.24, 2.45) is 11.7 Å². The molecule has 0 spiro atoms. The van der Waals surface area contributed by atoms with Gasteiger partial charge in [-0.15, -0.1) is 0 Å². The summed E-state index contributed by atoms with van der Waals surface area (Å²) in [7, 11) is 0. The summed E-state index contributed by atoms with van der Waals surface area (Å²) in [5, 5.41) is 0. The molecule has 26 heavy (non-hydrogen) atoms. The molecule has 3 rings (SSSR count). The Morgan fingerprint density at radius 1 is 1.00 bits per heavy atom. The summed E-state index contributed by atoms with van der Waals surface area (Å²) in [6.45, 7) is 1.24. The van der Waals surface area contributed by atoms with Crippen molar-refractivity contribution in [3.8, 4) is 5.75 Å². The van der Waals surface area contributed by atoms with Crippen LogP contribution in [-0.2, 0) is 11.2 Å². The van der Waals surface area contributed by atoms with Crippen LogP contribution in [0.2, 0.25) is 0 Å². The zero-order chi connectivity index (χ0) is 18.4. The SMILES string of the molecule is NC(=O)COc1ccccc1C(=O)N1CCC(Cc2ccccc2)CC1. The number of benzene rings is 2. The second kappa shape index (κ2) is 8.52. The molecule has 0 atom stereocenters. The molecule has 1 fully saturated rings. The summed E-state index contributed by atoms with van der Waals surface area (Å²) in [6, 6.07) is 17.5. The van der Waals surface area contributed by atoms with Crippen LogP contribution >= 0.6 is 0 Å². The molecule has 136 valence electrons. The molecule has 1 heterocycles. The summed E-state index contributed by atoms with van der Waals surface area (Å²) in [5.41, 5.74) is 6.96. The van der Waals surface area contributed by atoms with Crippen molar-refractivity contribution in [2.75, 3.05) is 19.7 Å². The lowest BCUT2D eigenvalue weighted by Gasteiger charge is -2.32. The van der Waals surface area contributed by atoms with Gasteiger partial charge in [0.05, 0.1) is 5.56 Å². The number of nitrogens with zero attached hydrogens (tertiary/aromatic N) is 1. The van der Waals surface area contributed by atoms with Crippen LogP contribution in [0.5, 0.6) is 5.75 Å². The van der Waals surface area contributed by atoms with Gasteiger partial charge in [-0.3, -0.25) is 9.59 Å². The van der Waals surface area contributed by atoms with E-state index in [0.717, 1.165) is 32.4 Å². The number of amides is 2. The summed E-state index contributed by atoms with van der Waals surface area (Å²) < 4.78 is 5.39. The highest BCUT2D eigenvalue weighted by Crippen LogP contribution is 2.25. The van der Waals surface area contributed by atoms with E-state index in [9.17, 15) is 9.59 Å². The van der Waals surface area contributed by atoms with Crippen molar-refractivity contribution in [3.05, 3.63) is 65.7 Å². The molecule has 5 nitrogen and oxygen atoms in total. The molecule has 2 amide bonds. The van der Waals surface area contributed by atoms with Gasteiger partial charge in [0, 0.05) is 13.1 Å². The van der Waals surface area contributed by atoms with Gasteiger partial charge in [-0.2, -0.15) is 0 Å². The first-order chi connectivity index (χ1) is 12.6. The molecule has 0 bridgehead atoms. The first-order valence-corrected chi connectivity index (χ1v) is 8.97. The zero-order valence-electron chi connectivity index (χ0n) is 14.8. The molecule has 2 aromatic rings. The number of hydrogen-bond donors (Lipinski definition) is 1. The Bertz CT molecular complexity index is 753. The fourth-order valence-corrected chi connectivity index (χ4v) is 3.38. The molecule has 5 heteroatoms. The Hall–Kier alpha value is -2.82. The third kappa shape index (κ3) is 4.63. The van der Waals surface area contributed by atoms with E-state index in [4.69, 9.17) is 10.5 Å². The highest BCUT2D eigenvalue weighted by Gasteiger charge is 2.25. The van der Waals surface area contributed by atoms with Gasteiger partial charge in [-0.25, -0.2) is 0 Å². The lowest BCUT2D eigenvalue weighted by Crippen LogP contribution is -2.39. The van der Waals surface area contributed by atoms with Gasteiger partial charge in [0.15, 0.2) is 6.61 Å². The number of carbonyl (C=O) groups excluding carboxylic acids is 2. The van der Waals surface area contributed by atoms with Crippen LogP contribution in [0.4, 0.5) is 0 Å². The van der Waals surface area contributed by atoms with Crippen LogP contribution in [0.25, 0.3) is 0 Å². The van der Waals surface area contributed by atoms with Gasteiger partial charge in [-0.1, -0.05) is 42.5 Å². The minimum atomic E-state index is -0.561. The van der Waals surface area contributed by atoms with Gasteiger partial charge < -0.3 is 15.4 Å². The van der Waals surface area contributed by atoms with Crippen molar-refractivity contribution in [1.29, 1.82) is 0 Å². The number of piperidine rings is 1. The molecule has 0 aliphatic carbocycles. The van der Waals surface area contributed by atoms with Crippen molar-refractivity contribution >= 4 is 11.8 Å². The van der Waals surface area contributed by atoms with E-state index in [-0.39, 0.29) is 12.5 Å². The maximum Gasteiger partial charge on any atom is 0.257 e. The Morgan fingerprint density at radius 2 is 1.65 bits per heavy atom. The predicted octanol–water partition coefficient (Wildman–Crippen LogP) is 2.65. The summed E-state index contributed by atoms with van der Waals surface area (Å²) in [5.74, 6) is 0.391. The first kappa shape index (κ1) is 18.0. The van der Waals surface area contributed by atoms with E-state index >= 15 is 0 Å². The molecule has 0 saturated carbocycles. The van der Waals surface area contributed by atoms with Crippen LogP contribution in [0.1, 0.15) is 28.8 Å². The predicted molar refractivity (Wildman–Crippen MR) is 99.9 cm³/mol. The molecule has 1 saturated heterocycles. The summed E-state index contributed by atoms with van der Waals surface area (Å²) in [6.07, 6.45) is 3.04. The normalized spacial score (nSPS) is 14.8. The third-order valence-electron chi connectivity index (χ3n) is 4.76. The average molecular weight is 352 g/mol. The van der Waals surface area contributed by atoms with E-state index < -0.39 is 5.91 Å². The van der Waals surface area contributed by atoms with Gasteiger partial charge >= 0.3 is 0 Å². The lowest BCUT2D eigenvalue weighted by atomic mass is 9.90. The van der Waals surface area contributed by atoms with E-state index in [2.05, 4.69) is 24.3 Å². The van der Waals surface area contributed by atoms with Crippen LogP contribution < -0.4 is 10.5 Å². The molecular weight excluding hydrogens is 328 g/mol. The number of ether oxygens (including phenoxy) is 1. The number of rotatable bonds is 6. The summed E-state index contributed by atoms with van der Waals surface area (Å²) in [4.78, 5) is 25.7. The Morgan fingerprint density at radius 3 is 2.35 bits per heavy atom. The largest absolute Gasteiger partial charge is 0.483 e. The van der Waals surface area contributed by atoms with Gasteiger partial charge in [0.1, 0.15) is 5.75 Å². The molecule has 0 unspecified atom stereocenters. The maximum atomic E-state index is 12.9. The first-order valence-electron chi connectivity index (χ1n) is 8.97. The monoisotopic (exact) mass is 352 g/mol. The van der Waals surface area contributed by atoms with Gasteiger partial charge in [-0.05, 0) is 42.9 Å². The van der Waals surface area contributed by atoms with Crippen LogP contribution in [-0.4, -0.2) is 36.4 Å². The van der Waals surface area contributed by atoms with Crippen molar-refractivity contribution in [2.45, 2.75) is 19.3 Å². The van der Waals surface area contributed by atoms with Crippen molar-refractivity contribution in [3.63, 3.8) is 0 Å². The molecule has 1 aliphatic rings. The Kier molecular flexibility index (Phi) is 5.89. The van der Waals surface area contributed by atoms with Crippen LogP contribution in [0.15, 0.2) is 54.6 Å². The van der Waals surface area contributed by atoms with E-state index in [1.807, 2.05) is 11.0 Å². The molecule has 0 radical (unpaired) electrons. The molecule has 2 aromatic carbocycles. The number of nitrogens with two attached hydrogens (primary N) is 1. The molecule has 1 aliphatic heterocycles. The standard InChI is InChI=1S/C21H24N2O3/c22-20(24)15-26-19-9-5-4-8-18(19)21(25)23-12-10-17(11-13-23)14-16-6-2-1-3-7-16/h1-9,17H,10-15H2,(H2,22,24). The fourth-order valence-electron chi connectivity index (χ4n) is 3.38.